The summed E-state index contributed by atoms with van der Waals surface area (Å²) in [5, 5.41) is 3.48. The third-order valence-electron chi connectivity index (χ3n) is 3.52. The molecule has 4 heteroatoms. The van der Waals surface area contributed by atoms with Gasteiger partial charge < -0.3 is 10.2 Å². The first-order chi connectivity index (χ1) is 9.72. The average molecular weight is 271 g/mol. The van der Waals surface area contributed by atoms with Crippen LogP contribution in [0.3, 0.4) is 0 Å². The third-order valence-corrected chi connectivity index (χ3v) is 3.52. The lowest BCUT2D eigenvalue weighted by molar-refractivity contribution is 0.628. The van der Waals surface area contributed by atoms with Crippen molar-refractivity contribution in [1.82, 2.24) is 10.3 Å². The highest BCUT2D eigenvalue weighted by molar-refractivity contribution is 5.59. The van der Waals surface area contributed by atoms with E-state index in [9.17, 15) is 4.39 Å². The van der Waals surface area contributed by atoms with Crippen LogP contribution in [0, 0.1) is 5.82 Å². The minimum atomic E-state index is -0.235. The first-order valence-electron chi connectivity index (χ1n) is 6.90. The summed E-state index contributed by atoms with van der Waals surface area (Å²) in [7, 11) is 1.90. The van der Waals surface area contributed by atoms with Crippen molar-refractivity contribution in [2.45, 2.75) is 25.4 Å². The highest BCUT2D eigenvalue weighted by atomic mass is 19.1. The van der Waals surface area contributed by atoms with Crippen LogP contribution >= 0.6 is 0 Å². The highest BCUT2D eigenvalue weighted by Crippen LogP contribution is 2.23. The molecule has 1 aliphatic rings. The van der Waals surface area contributed by atoms with Gasteiger partial charge in [-0.1, -0.05) is 6.07 Å². The lowest BCUT2D eigenvalue weighted by Gasteiger charge is -2.19. The number of aromatic nitrogens is 1. The van der Waals surface area contributed by atoms with Crippen LogP contribution in [-0.2, 0) is 6.54 Å². The molecule has 0 atom stereocenters. The summed E-state index contributed by atoms with van der Waals surface area (Å²) in [5.41, 5.74) is 2.00. The summed E-state index contributed by atoms with van der Waals surface area (Å²) in [6.07, 6.45) is 4.36. The summed E-state index contributed by atoms with van der Waals surface area (Å²) in [6.45, 7) is 0.858. The molecule has 3 rings (SSSR count). The summed E-state index contributed by atoms with van der Waals surface area (Å²) in [6, 6.07) is 11.3. The SMILES string of the molecule is CN(c1cccc(F)c1)c1cc(CNC2CC2)ccn1. The molecule has 20 heavy (non-hydrogen) atoms. The Morgan fingerprint density at radius 2 is 2.15 bits per heavy atom. The van der Waals surface area contributed by atoms with E-state index in [0.29, 0.717) is 6.04 Å². The second kappa shape index (κ2) is 5.59. The zero-order valence-corrected chi connectivity index (χ0v) is 11.5. The number of halogens is 1. The van der Waals surface area contributed by atoms with Crippen molar-refractivity contribution in [3.05, 3.63) is 54.0 Å². The number of rotatable bonds is 5. The first kappa shape index (κ1) is 13.1. The van der Waals surface area contributed by atoms with Gasteiger partial charge >= 0.3 is 0 Å². The van der Waals surface area contributed by atoms with E-state index in [-0.39, 0.29) is 5.82 Å². The van der Waals surface area contributed by atoms with E-state index in [2.05, 4.69) is 10.3 Å². The number of hydrogen-bond donors (Lipinski definition) is 1. The predicted octanol–water partition coefficient (Wildman–Crippen LogP) is 3.24. The zero-order valence-electron chi connectivity index (χ0n) is 11.5. The van der Waals surface area contributed by atoms with Gasteiger partial charge in [0.05, 0.1) is 0 Å². The molecule has 1 aromatic heterocycles. The predicted molar refractivity (Wildman–Crippen MR) is 78.6 cm³/mol. The fourth-order valence-corrected chi connectivity index (χ4v) is 2.12. The van der Waals surface area contributed by atoms with Crippen LogP contribution < -0.4 is 10.2 Å². The Kier molecular flexibility index (Phi) is 3.65. The van der Waals surface area contributed by atoms with Crippen molar-refractivity contribution in [1.29, 1.82) is 0 Å². The van der Waals surface area contributed by atoms with Crippen molar-refractivity contribution in [2.75, 3.05) is 11.9 Å². The molecule has 1 saturated carbocycles. The van der Waals surface area contributed by atoms with Crippen LogP contribution in [0.2, 0.25) is 0 Å². The largest absolute Gasteiger partial charge is 0.329 e. The summed E-state index contributed by atoms with van der Waals surface area (Å²) >= 11 is 0. The van der Waals surface area contributed by atoms with Crippen LogP contribution in [0.4, 0.5) is 15.9 Å². The molecule has 1 fully saturated rings. The molecule has 1 heterocycles. The lowest BCUT2D eigenvalue weighted by Crippen LogP contribution is -2.16. The fraction of sp³-hybridized carbons (Fsp3) is 0.312. The number of benzene rings is 1. The standard InChI is InChI=1S/C16H18FN3/c1-20(15-4-2-3-13(17)10-15)16-9-12(7-8-18-16)11-19-14-5-6-14/h2-4,7-10,14,19H,5-6,11H2,1H3. The van der Waals surface area contributed by atoms with Gasteiger partial charge in [-0.2, -0.15) is 0 Å². The molecule has 1 aliphatic carbocycles. The number of nitrogens with zero attached hydrogens (tertiary/aromatic N) is 2. The quantitative estimate of drug-likeness (QED) is 0.905. The zero-order chi connectivity index (χ0) is 13.9. The Labute approximate surface area is 118 Å². The molecule has 0 radical (unpaired) electrons. The van der Waals surface area contributed by atoms with E-state index in [4.69, 9.17) is 0 Å². The van der Waals surface area contributed by atoms with E-state index < -0.39 is 0 Å². The maximum absolute atomic E-state index is 13.3. The van der Waals surface area contributed by atoms with E-state index in [1.165, 1.54) is 30.5 Å². The molecule has 0 aliphatic heterocycles. The fourth-order valence-electron chi connectivity index (χ4n) is 2.12. The van der Waals surface area contributed by atoms with E-state index in [0.717, 1.165) is 18.1 Å². The monoisotopic (exact) mass is 271 g/mol. The molecule has 0 spiro atoms. The molecular formula is C16H18FN3. The lowest BCUT2D eigenvalue weighted by atomic mass is 10.2. The Morgan fingerprint density at radius 3 is 2.90 bits per heavy atom. The third kappa shape index (κ3) is 3.14. The van der Waals surface area contributed by atoms with Gasteiger partial charge in [0.15, 0.2) is 0 Å². The van der Waals surface area contributed by atoms with Crippen LogP contribution in [0.25, 0.3) is 0 Å². The van der Waals surface area contributed by atoms with Crippen molar-refractivity contribution in [3.63, 3.8) is 0 Å². The second-order valence-electron chi connectivity index (χ2n) is 5.22. The smallest absolute Gasteiger partial charge is 0.132 e. The van der Waals surface area contributed by atoms with Gasteiger partial charge in [-0.25, -0.2) is 9.37 Å². The number of pyridine rings is 1. The highest BCUT2D eigenvalue weighted by Gasteiger charge is 2.20. The van der Waals surface area contributed by atoms with Crippen LogP contribution in [0.5, 0.6) is 0 Å². The minimum absolute atomic E-state index is 0.235. The van der Waals surface area contributed by atoms with Gasteiger partial charge in [-0.3, -0.25) is 0 Å². The summed E-state index contributed by atoms with van der Waals surface area (Å²) < 4.78 is 13.3. The van der Waals surface area contributed by atoms with Crippen molar-refractivity contribution in [2.24, 2.45) is 0 Å². The van der Waals surface area contributed by atoms with Gasteiger partial charge in [-0.15, -0.1) is 0 Å². The van der Waals surface area contributed by atoms with Crippen molar-refractivity contribution >= 4 is 11.5 Å². The molecule has 1 N–H and O–H groups in total. The number of nitrogens with one attached hydrogen (secondary N) is 1. The number of anilines is 2. The maximum atomic E-state index is 13.3. The molecular weight excluding hydrogens is 253 g/mol. The molecule has 0 unspecified atom stereocenters. The molecule has 0 saturated heterocycles. The second-order valence-corrected chi connectivity index (χ2v) is 5.22. The van der Waals surface area contributed by atoms with Gasteiger partial charge in [-0.05, 0) is 48.7 Å². The normalized spacial score (nSPS) is 14.3. The molecule has 2 aromatic rings. The molecule has 0 bridgehead atoms. The van der Waals surface area contributed by atoms with E-state index >= 15 is 0 Å². The van der Waals surface area contributed by atoms with Crippen LogP contribution in [-0.4, -0.2) is 18.1 Å². The maximum Gasteiger partial charge on any atom is 0.132 e. The van der Waals surface area contributed by atoms with Gasteiger partial charge in [0.25, 0.3) is 0 Å². The molecule has 0 amide bonds. The Bertz CT molecular complexity index is 596. The van der Waals surface area contributed by atoms with E-state index in [1.807, 2.05) is 30.1 Å². The van der Waals surface area contributed by atoms with Crippen molar-refractivity contribution in [3.8, 4) is 0 Å². The van der Waals surface area contributed by atoms with Crippen LogP contribution in [0.15, 0.2) is 42.6 Å². The minimum Gasteiger partial charge on any atom is -0.329 e. The van der Waals surface area contributed by atoms with Gasteiger partial charge in [0, 0.05) is 31.5 Å². The average Bonchev–Trinajstić information content (AvgIpc) is 3.29. The Hall–Kier alpha value is -1.94. The summed E-state index contributed by atoms with van der Waals surface area (Å²) in [5.74, 6) is 0.589. The van der Waals surface area contributed by atoms with Gasteiger partial charge in [0.2, 0.25) is 0 Å². The van der Waals surface area contributed by atoms with Crippen molar-refractivity contribution < 1.29 is 4.39 Å². The Morgan fingerprint density at radius 1 is 1.30 bits per heavy atom. The topological polar surface area (TPSA) is 28.2 Å². The van der Waals surface area contributed by atoms with Gasteiger partial charge in [0.1, 0.15) is 11.6 Å². The van der Waals surface area contributed by atoms with E-state index in [1.54, 1.807) is 12.3 Å². The molecule has 104 valence electrons. The molecule has 1 aromatic carbocycles. The molecule has 3 nitrogen and oxygen atoms in total. The summed E-state index contributed by atoms with van der Waals surface area (Å²) in [4.78, 5) is 6.26. The van der Waals surface area contributed by atoms with Crippen LogP contribution in [0.1, 0.15) is 18.4 Å². The first-order valence-corrected chi connectivity index (χ1v) is 6.90. The number of hydrogen-bond acceptors (Lipinski definition) is 3. The Balaban J connectivity index is 1.76.